The van der Waals surface area contributed by atoms with Crippen LogP contribution in [0.25, 0.3) is 10.9 Å². The molecule has 0 spiro atoms. The Morgan fingerprint density at radius 1 is 0.614 bits per heavy atom. The van der Waals surface area contributed by atoms with E-state index in [1.165, 1.54) is 32.6 Å². The fourth-order valence-electron chi connectivity index (χ4n) is 8.36. The van der Waals surface area contributed by atoms with Gasteiger partial charge in [0.05, 0.1) is 19.0 Å². The number of hydrogen-bond acceptors (Lipinski definition) is 17. The number of aliphatic carboxylic acids is 3. The molecule has 16 N–H and O–H groups in total. The summed E-state index contributed by atoms with van der Waals surface area (Å²) < 4.78 is 0. The maximum atomic E-state index is 14.1. The maximum absolute atomic E-state index is 14.1. The fourth-order valence-corrected chi connectivity index (χ4v) is 8.77. The van der Waals surface area contributed by atoms with Crippen molar-refractivity contribution in [2.75, 3.05) is 24.6 Å². The quantitative estimate of drug-likeness (QED) is 0.0302. The lowest BCUT2D eigenvalue weighted by Crippen LogP contribution is -2.60. The first-order chi connectivity index (χ1) is 39.0. The highest BCUT2D eigenvalue weighted by Gasteiger charge is 2.40. The van der Waals surface area contributed by atoms with E-state index in [0.29, 0.717) is 22.9 Å². The van der Waals surface area contributed by atoms with Crippen LogP contribution < -0.4 is 58.9 Å². The van der Waals surface area contributed by atoms with Crippen molar-refractivity contribution in [1.82, 2.24) is 63.1 Å². The van der Waals surface area contributed by atoms with E-state index in [9.17, 15) is 77.3 Å². The Labute approximate surface area is 488 Å². The molecule has 0 aliphatic carbocycles. The summed E-state index contributed by atoms with van der Waals surface area (Å²) in [6.45, 7) is 7.95. The van der Waals surface area contributed by atoms with E-state index in [1.807, 2.05) is 0 Å². The number of carbonyl (C=O) groups excluding carboxylic acids is 11. The van der Waals surface area contributed by atoms with Gasteiger partial charge in [-0.2, -0.15) is 25.3 Å². The molecule has 11 atom stereocenters. The van der Waals surface area contributed by atoms with Crippen molar-refractivity contribution >= 4 is 119 Å². The van der Waals surface area contributed by atoms with Crippen molar-refractivity contribution in [3.63, 3.8) is 0 Å². The van der Waals surface area contributed by atoms with Crippen LogP contribution in [-0.4, -0.2) is 199 Å². The van der Waals surface area contributed by atoms with E-state index >= 15 is 0 Å². The van der Waals surface area contributed by atoms with Crippen LogP contribution in [0.15, 0.2) is 30.5 Å². The maximum Gasteiger partial charge on any atom is 0.327 e. The number of benzene rings is 1. The molecule has 0 saturated carbocycles. The normalized spacial score (nSPS) is 16.6. The number of aromatic nitrogens is 1. The summed E-state index contributed by atoms with van der Waals surface area (Å²) in [5, 5.41) is 52.7. The Hall–Kier alpha value is -8.00. The third-order valence-electron chi connectivity index (χ3n) is 13.0. The fraction of sp³-hybridized carbons (Fsp3) is 0.569. The minimum absolute atomic E-state index is 0.0586. The Balaban J connectivity index is 1.73. The van der Waals surface area contributed by atoms with Gasteiger partial charge in [0.25, 0.3) is 0 Å². The largest absolute Gasteiger partial charge is 0.481 e. The van der Waals surface area contributed by atoms with E-state index in [2.05, 4.69) is 83.4 Å². The summed E-state index contributed by atoms with van der Waals surface area (Å²) in [6, 6.07) is -8.08. The first kappa shape index (κ1) is 69.3. The van der Waals surface area contributed by atoms with Crippen LogP contribution >= 0.6 is 25.3 Å². The van der Waals surface area contributed by atoms with Gasteiger partial charge in [0.1, 0.15) is 60.4 Å². The number of carboxylic acids is 3. The molecule has 1 aromatic carbocycles. The number of likely N-dealkylation sites (tertiary alicyclic amines) is 1. The van der Waals surface area contributed by atoms with Gasteiger partial charge in [-0.05, 0) is 70.9 Å². The number of carboxylic acid groups (broad SMARTS) is 3. The minimum atomic E-state index is -1.87. The number of carbonyl (C=O) groups is 14. The number of para-hydroxylation sites is 1. The van der Waals surface area contributed by atoms with Gasteiger partial charge in [0.2, 0.25) is 65.0 Å². The summed E-state index contributed by atoms with van der Waals surface area (Å²) in [5.74, 6) is -14.4. The van der Waals surface area contributed by atoms with Crippen molar-refractivity contribution in [2.45, 2.75) is 153 Å². The standard InChI is InChI=1S/C51H75N13O17S2/c1-23(2)16-35(59-38(65)20-54-46(75)32(13-14-39(66)67)60-45(74)30(52)21-82)50(79)64-15-9-12-37(64)49(78)58-27(6)43(72)61-34(18-40(68)69)48(77)62-33(17-28-19-53-31-11-8-7-10-29(28)31)47(76)57-25(4)42(71)55-24(3)41(70)56-26(5)44(73)63-36(22-83)51(80)81/h7-8,10-11,19,23-27,30,32-37,53,82-83H,9,12-18,20-22,52H2,1-6H3,(H,54,75)(H,55,71)(H,56,70)(H,57,76)(H,58,78)(H,59,65)(H,60,74)(H,61,72)(H,62,77)(H,63,73)(H,66,67)(H,68,69)(H,80,81)/t24-,25-,26-,27-,30-,32-,33-,34-,35-,36-,37-/m0/s1. The van der Waals surface area contributed by atoms with E-state index in [4.69, 9.17) is 10.8 Å². The average Bonchev–Trinajstić information content (AvgIpc) is 4.32. The van der Waals surface area contributed by atoms with Crippen LogP contribution in [-0.2, 0) is 73.5 Å². The molecule has 458 valence electrons. The van der Waals surface area contributed by atoms with Gasteiger partial charge in [-0.3, -0.25) is 62.3 Å². The number of hydrogen-bond donors (Lipinski definition) is 17. The van der Waals surface area contributed by atoms with E-state index in [0.717, 1.165) is 0 Å². The number of fused-ring (bicyclic) bond motifs is 1. The van der Waals surface area contributed by atoms with Gasteiger partial charge in [0, 0.05) is 48.0 Å². The average molecular weight is 1210 g/mol. The summed E-state index contributed by atoms with van der Waals surface area (Å²) in [7, 11) is 0. The third kappa shape index (κ3) is 22.0. The Kier molecular flexibility index (Phi) is 27.7. The molecule has 83 heavy (non-hydrogen) atoms. The lowest BCUT2D eigenvalue weighted by Gasteiger charge is -2.30. The van der Waals surface area contributed by atoms with Gasteiger partial charge >= 0.3 is 17.9 Å². The lowest BCUT2D eigenvalue weighted by molar-refractivity contribution is -0.143. The summed E-state index contributed by atoms with van der Waals surface area (Å²) >= 11 is 7.83. The summed E-state index contributed by atoms with van der Waals surface area (Å²) in [4.78, 5) is 186. The number of aromatic amines is 1. The smallest absolute Gasteiger partial charge is 0.327 e. The molecule has 1 aliphatic rings. The third-order valence-corrected chi connectivity index (χ3v) is 13.7. The molecule has 1 fully saturated rings. The number of nitrogens with two attached hydrogens (primary N) is 1. The van der Waals surface area contributed by atoms with Crippen molar-refractivity contribution in [3.8, 4) is 0 Å². The zero-order chi connectivity index (χ0) is 62.4. The lowest BCUT2D eigenvalue weighted by atomic mass is 10.0. The Bertz CT molecular complexity index is 2730. The molecule has 32 heteroatoms. The molecule has 2 heterocycles. The number of nitrogens with one attached hydrogen (secondary N) is 11. The zero-order valence-electron chi connectivity index (χ0n) is 46.6. The molecule has 30 nitrogen and oxygen atoms in total. The predicted octanol–water partition coefficient (Wildman–Crippen LogP) is -4.08. The highest BCUT2D eigenvalue weighted by Crippen LogP contribution is 2.22. The van der Waals surface area contributed by atoms with Crippen LogP contribution in [0.2, 0.25) is 0 Å². The first-order valence-corrected chi connectivity index (χ1v) is 27.7. The Morgan fingerprint density at radius 2 is 1.14 bits per heavy atom. The van der Waals surface area contributed by atoms with Gasteiger partial charge in [0.15, 0.2) is 0 Å². The Morgan fingerprint density at radius 3 is 1.70 bits per heavy atom. The van der Waals surface area contributed by atoms with Crippen LogP contribution in [0.4, 0.5) is 0 Å². The van der Waals surface area contributed by atoms with Gasteiger partial charge in [-0.1, -0.05) is 32.0 Å². The van der Waals surface area contributed by atoms with Crippen molar-refractivity contribution < 1.29 is 82.4 Å². The summed E-state index contributed by atoms with van der Waals surface area (Å²) in [6.07, 6.45) is -0.0138. The SMILES string of the molecule is CC(C)C[C@H](NC(=O)CNC(=O)[C@H](CCC(=O)O)NC(=O)[C@@H](N)CS)C(=O)N1CCC[C@H]1C(=O)N[C@@H](C)C(=O)N[C@@H](CC(=O)O)C(=O)N[C@@H](Cc1c[nH]c2ccccc12)C(=O)N[C@@H](C)C(=O)N[C@@H](C)C(=O)N[C@@H](C)C(=O)N[C@@H](CS)C(=O)O. The second kappa shape index (κ2) is 33.2. The molecule has 1 saturated heterocycles. The molecule has 11 amide bonds. The van der Waals surface area contributed by atoms with Gasteiger partial charge in [-0.15, -0.1) is 0 Å². The van der Waals surface area contributed by atoms with Gasteiger partial charge < -0.3 is 84.1 Å². The van der Waals surface area contributed by atoms with Crippen molar-refractivity contribution in [1.29, 1.82) is 0 Å². The number of rotatable bonds is 33. The van der Waals surface area contributed by atoms with Crippen molar-refractivity contribution in [3.05, 3.63) is 36.0 Å². The molecule has 2 aromatic rings. The molecule has 1 aromatic heterocycles. The van der Waals surface area contributed by atoms with Crippen LogP contribution in [0.1, 0.15) is 85.6 Å². The van der Waals surface area contributed by atoms with Gasteiger partial charge in [-0.25, -0.2) is 4.79 Å². The highest BCUT2D eigenvalue weighted by molar-refractivity contribution is 7.80. The first-order valence-electron chi connectivity index (χ1n) is 26.5. The van der Waals surface area contributed by atoms with E-state index in [1.54, 1.807) is 44.3 Å². The monoisotopic (exact) mass is 1210 g/mol. The molecule has 0 unspecified atom stereocenters. The van der Waals surface area contributed by atoms with Crippen LogP contribution in [0, 0.1) is 5.92 Å². The zero-order valence-corrected chi connectivity index (χ0v) is 48.4. The van der Waals surface area contributed by atoms with E-state index < -0.39 is 169 Å². The minimum Gasteiger partial charge on any atom is -0.481 e. The second-order valence-corrected chi connectivity index (χ2v) is 21.0. The summed E-state index contributed by atoms with van der Waals surface area (Å²) in [5.41, 5.74) is 6.83. The van der Waals surface area contributed by atoms with Crippen molar-refractivity contribution in [2.24, 2.45) is 11.7 Å². The highest BCUT2D eigenvalue weighted by atomic mass is 32.1. The number of nitrogens with zero attached hydrogens (tertiary/aromatic N) is 1. The molecule has 3 rings (SSSR count). The van der Waals surface area contributed by atoms with E-state index in [-0.39, 0.29) is 49.7 Å². The van der Waals surface area contributed by atoms with Crippen LogP contribution in [0.3, 0.4) is 0 Å². The second-order valence-electron chi connectivity index (χ2n) is 20.2. The number of thiol groups is 2. The number of amides is 11. The van der Waals surface area contributed by atoms with Crippen LogP contribution in [0.5, 0.6) is 0 Å². The topological polar surface area (TPSA) is 465 Å². The molecule has 0 radical (unpaired) electrons. The molecule has 1 aliphatic heterocycles. The molecular formula is C51H75N13O17S2. The predicted molar refractivity (Wildman–Crippen MR) is 302 cm³/mol. The molecular weight excluding hydrogens is 1130 g/mol. The number of H-pyrrole nitrogens is 1. The molecule has 0 bridgehead atoms.